The number of hydrogen-bond acceptors (Lipinski definition) is 3. The van der Waals surface area contributed by atoms with E-state index in [-0.39, 0.29) is 22.2 Å². The summed E-state index contributed by atoms with van der Waals surface area (Å²) in [6.07, 6.45) is 6.66. The van der Waals surface area contributed by atoms with Crippen molar-refractivity contribution in [1.29, 1.82) is 0 Å². The molecule has 1 aromatic rings. The summed E-state index contributed by atoms with van der Waals surface area (Å²) in [4.78, 5) is 13.6. The first-order valence-corrected chi connectivity index (χ1v) is 10.2. The van der Waals surface area contributed by atoms with Crippen LogP contribution in [0.4, 0.5) is 0 Å². The predicted molar refractivity (Wildman–Crippen MR) is 106 cm³/mol. The van der Waals surface area contributed by atoms with Crippen molar-refractivity contribution in [3.8, 4) is 11.5 Å². The Morgan fingerprint density at radius 1 is 1.08 bits per heavy atom. The van der Waals surface area contributed by atoms with E-state index in [0.717, 1.165) is 28.5 Å². The van der Waals surface area contributed by atoms with E-state index in [0.29, 0.717) is 17.3 Å². The van der Waals surface area contributed by atoms with Gasteiger partial charge in [0.1, 0.15) is 0 Å². The highest BCUT2D eigenvalue weighted by molar-refractivity contribution is 9.10. The number of methoxy groups -OCH3 is 2. The molecular weight excluding hydrogens is 392 g/mol. The number of carbonyl (C=O) groups excluding carboxylic acids is 1. The van der Waals surface area contributed by atoms with Crippen LogP contribution in [0.25, 0.3) is 0 Å². The predicted octanol–water partition coefficient (Wildman–Crippen LogP) is 5.67. The second kappa shape index (κ2) is 5.60. The number of hydrogen-bond donors (Lipinski definition) is 0. The molecule has 2 fully saturated rings. The average Bonchev–Trinajstić information content (AvgIpc) is 2.67. The zero-order valence-corrected chi connectivity index (χ0v) is 17.8. The summed E-state index contributed by atoms with van der Waals surface area (Å²) >= 11 is 3.71. The molecule has 1 spiro atoms. The molecule has 0 saturated heterocycles. The molecule has 0 N–H and O–H groups in total. The van der Waals surface area contributed by atoms with E-state index in [1.54, 1.807) is 14.2 Å². The van der Waals surface area contributed by atoms with Crippen molar-refractivity contribution in [2.24, 2.45) is 16.2 Å². The van der Waals surface area contributed by atoms with Gasteiger partial charge in [-0.15, -0.1) is 0 Å². The number of allylic oxidation sites excluding steroid dienone is 2. The standard InChI is InChI=1S/C22H27BrO3/c1-20(2)8-6-9-21(3)18(19(24)14-7-10-22(14,20)21)13-11-16(25-4)17(26-5)12-15(13)23/h7,11-12,18H,6,8-10H2,1-5H3. The minimum Gasteiger partial charge on any atom is -0.493 e. The molecule has 140 valence electrons. The number of rotatable bonds is 3. The first-order valence-electron chi connectivity index (χ1n) is 9.40. The molecule has 3 aliphatic rings. The van der Waals surface area contributed by atoms with Gasteiger partial charge in [0.25, 0.3) is 0 Å². The van der Waals surface area contributed by atoms with Gasteiger partial charge in [0.2, 0.25) is 0 Å². The molecule has 0 bridgehead atoms. The van der Waals surface area contributed by atoms with E-state index < -0.39 is 0 Å². The zero-order chi connectivity index (χ0) is 18.9. The number of ether oxygens (including phenoxy) is 2. The Morgan fingerprint density at radius 2 is 1.73 bits per heavy atom. The Hall–Kier alpha value is -1.29. The van der Waals surface area contributed by atoms with E-state index in [1.807, 2.05) is 12.1 Å². The topological polar surface area (TPSA) is 35.5 Å². The summed E-state index contributed by atoms with van der Waals surface area (Å²) in [7, 11) is 3.28. The van der Waals surface area contributed by atoms with Gasteiger partial charge >= 0.3 is 0 Å². The lowest BCUT2D eigenvalue weighted by Crippen LogP contribution is -2.54. The summed E-state index contributed by atoms with van der Waals surface area (Å²) in [6.45, 7) is 7.06. The maximum atomic E-state index is 13.6. The third-order valence-corrected chi connectivity index (χ3v) is 8.37. The summed E-state index contributed by atoms with van der Waals surface area (Å²) in [5.74, 6) is 1.53. The molecule has 3 atom stereocenters. The lowest BCUT2D eigenvalue weighted by molar-refractivity contribution is -0.117. The summed E-state index contributed by atoms with van der Waals surface area (Å²) in [5.41, 5.74) is 2.21. The van der Waals surface area contributed by atoms with Crippen molar-refractivity contribution in [3.63, 3.8) is 0 Å². The molecular formula is C22H27BrO3. The molecule has 3 unspecified atom stereocenters. The van der Waals surface area contributed by atoms with Gasteiger partial charge < -0.3 is 9.47 Å². The average molecular weight is 419 g/mol. The van der Waals surface area contributed by atoms with Gasteiger partial charge in [-0.2, -0.15) is 0 Å². The van der Waals surface area contributed by atoms with Crippen LogP contribution in [0.3, 0.4) is 0 Å². The Balaban J connectivity index is 1.92. The van der Waals surface area contributed by atoms with Crippen molar-refractivity contribution in [1.82, 2.24) is 0 Å². The fraction of sp³-hybridized carbons (Fsp3) is 0.591. The van der Waals surface area contributed by atoms with Gasteiger partial charge in [-0.3, -0.25) is 4.79 Å². The third kappa shape index (κ3) is 1.92. The summed E-state index contributed by atoms with van der Waals surface area (Å²) in [5, 5.41) is 0. The highest BCUT2D eigenvalue weighted by Crippen LogP contribution is 2.77. The first-order chi connectivity index (χ1) is 12.2. The maximum absolute atomic E-state index is 13.6. The van der Waals surface area contributed by atoms with Gasteiger partial charge in [-0.1, -0.05) is 49.2 Å². The van der Waals surface area contributed by atoms with Crippen molar-refractivity contribution in [3.05, 3.63) is 33.8 Å². The van der Waals surface area contributed by atoms with E-state index in [9.17, 15) is 4.79 Å². The summed E-state index contributed by atoms with van der Waals surface area (Å²) < 4.78 is 11.9. The fourth-order valence-electron chi connectivity index (χ4n) is 6.41. The minimum absolute atomic E-state index is 0.00655. The van der Waals surface area contributed by atoms with Gasteiger partial charge in [-0.05, 0) is 53.4 Å². The van der Waals surface area contributed by atoms with Crippen LogP contribution in [0.15, 0.2) is 28.3 Å². The number of Topliss-reactive ketones (excluding diaryl/α,β-unsaturated/α-hetero) is 1. The number of benzene rings is 1. The van der Waals surface area contributed by atoms with Crippen LogP contribution >= 0.6 is 15.9 Å². The van der Waals surface area contributed by atoms with Crippen LogP contribution in [-0.4, -0.2) is 20.0 Å². The fourth-order valence-corrected chi connectivity index (χ4v) is 6.96. The third-order valence-electron chi connectivity index (χ3n) is 7.68. The molecule has 1 aromatic carbocycles. The van der Waals surface area contributed by atoms with E-state index in [1.165, 1.54) is 12.8 Å². The normalized spacial score (nSPS) is 34.5. The minimum atomic E-state index is -0.134. The number of halogens is 1. The van der Waals surface area contributed by atoms with E-state index in [4.69, 9.17) is 9.47 Å². The first kappa shape index (κ1) is 18.1. The zero-order valence-electron chi connectivity index (χ0n) is 16.2. The molecule has 3 aliphatic carbocycles. The van der Waals surface area contributed by atoms with Crippen LogP contribution in [0.2, 0.25) is 0 Å². The van der Waals surface area contributed by atoms with Gasteiger partial charge in [0, 0.05) is 9.89 Å². The molecule has 0 radical (unpaired) electrons. The van der Waals surface area contributed by atoms with E-state index in [2.05, 4.69) is 42.8 Å². The number of carbonyl (C=O) groups is 1. The largest absolute Gasteiger partial charge is 0.493 e. The molecule has 26 heavy (non-hydrogen) atoms. The second-order valence-electron chi connectivity index (χ2n) is 8.91. The lowest BCUT2D eigenvalue weighted by Gasteiger charge is -2.61. The van der Waals surface area contributed by atoms with E-state index >= 15 is 0 Å². The highest BCUT2D eigenvalue weighted by atomic mass is 79.9. The smallest absolute Gasteiger partial charge is 0.167 e. The van der Waals surface area contributed by atoms with Crippen LogP contribution < -0.4 is 9.47 Å². The lowest BCUT2D eigenvalue weighted by atomic mass is 9.41. The number of ketones is 1. The molecule has 4 rings (SSSR count). The van der Waals surface area contributed by atoms with Crippen LogP contribution in [0.5, 0.6) is 11.5 Å². The molecule has 0 aromatic heterocycles. The molecule has 2 saturated carbocycles. The van der Waals surface area contributed by atoms with Crippen molar-refractivity contribution < 1.29 is 14.3 Å². The van der Waals surface area contributed by atoms with Crippen molar-refractivity contribution >= 4 is 21.7 Å². The molecule has 3 nitrogen and oxygen atoms in total. The van der Waals surface area contributed by atoms with Crippen molar-refractivity contribution in [2.75, 3.05) is 14.2 Å². The Labute approximate surface area is 164 Å². The van der Waals surface area contributed by atoms with Gasteiger partial charge in [0.05, 0.1) is 20.1 Å². The van der Waals surface area contributed by atoms with Crippen LogP contribution in [0, 0.1) is 16.2 Å². The Bertz CT molecular complexity index is 825. The van der Waals surface area contributed by atoms with Crippen LogP contribution in [0.1, 0.15) is 57.9 Å². The molecule has 4 heteroatoms. The van der Waals surface area contributed by atoms with Gasteiger partial charge in [0.15, 0.2) is 17.3 Å². The quantitative estimate of drug-likeness (QED) is 0.634. The van der Waals surface area contributed by atoms with Crippen molar-refractivity contribution in [2.45, 2.75) is 52.4 Å². The summed E-state index contributed by atoms with van der Waals surface area (Å²) in [6, 6.07) is 3.93. The molecule has 0 heterocycles. The molecule has 0 aliphatic heterocycles. The molecule has 0 amide bonds. The van der Waals surface area contributed by atoms with Gasteiger partial charge in [-0.25, -0.2) is 0 Å². The SMILES string of the molecule is COc1cc(Br)c(C2C(=O)C3=CCC34C(C)(C)CCCC24C)cc1OC. The monoisotopic (exact) mass is 418 g/mol. The highest BCUT2D eigenvalue weighted by Gasteiger charge is 2.72. The Morgan fingerprint density at radius 3 is 2.31 bits per heavy atom. The maximum Gasteiger partial charge on any atom is 0.167 e. The Kier molecular flexibility index (Phi) is 3.90. The second-order valence-corrected chi connectivity index (χ2v) is 9.76. The van der Waals surface area contributed by atoms with Crippen LogP contribution in [-0.2, 0) is 4.79 Å².